The summed E-state index contributed by atoms with van der Waals surface area (Å²) in [6.45, 7) is 7.70. The largest absolute Gasteiger partial charge is 0.350 e. The fourth-order valence-corrected chi connectivity index (χ4v) is 4.57. The van der Waals surface area contributed by atoms with Crippen LogP contribution in [0.25, 0.3) is 0 Å². The van der Waals surface area contributed by atoms with Gasteiger partial charge >= 0.3 is 0 Å². The van der Waals surface area contributed by atoms with Crippen LogP contribution < -0.4 is 15.4 Å². The average molecular weight is 494 g/mol. The Kier molecular flexibility index (Phi) is 8.30. The Morgan fingerprint density at radius 3 is 2.34 bits per heavy atom. The fourth-order valence-electron chi connectivity index (χ4n) is 3.41. The molecule has 3 aromatic carbocycles. The number of anilines is 1. The van der Waals surface area contributed by atoms with Gasteiger partial charge in [0.2, 0.25) is 0 Å². The third-order valence-corrected chi connectivity index (χ3v) is 7.15. The van der Waals surface area contributed by atoms with Crippen LogP contribution in [0.3, 0.4) is 0 Å². The highest BCUT2D eigenvalue weighted by Gasteiger charge is 2.19. The van der Waals surface area contributed by atoms with E-state index in [0.717, 1.165) is 17.5 Å². The molecule has 0 saturated heterocycles. The van der Waals surface area contributed by atoms with Gasteiger partial charge in [-0.3, -0.25) is 14.3 Å². The lowest BCUT2D eigenvalue weighted by Gasteiger charge is -2.14. The number of carbonyl (C=O) groups excluding carboxylic acids is 2. The first kappa shape index (κ1) is 26.0. The molecule has 0 spiro atoms. The van der Waals surface area contributed by atoms with Crippen LogP contribution in [0.1, 0.15) is 57.7 Å². The van der Waals surface area contributed by atoms with E-state index in [1.165, 1.54) is 12.1 Å². The van der Waals surface area contributed by atoms with Gasteiger partial charge in [0, 0.05) is 23.7 Å². The van der Waals surface area contributed by atoms with Gasteiger partial charge in [-0.15, -0.1) is 0 Å². The summed E-state index contributed by atoms with van der Waals surface area (Å²) < 4.78 is 28.5. The number of carbonyl (C=O) groups is 2. The quantitative estimate of drug-likeness (QED) is 0.406. The maximum Gasteiger partial charge on any atom is 0.261 e. The summed E-state index contributed by atoms with van der Waals surface area (Å²) in [6, 6.07) is 18.7. The van der Waals surface area contributed by atoms with E-state index in [1.54, 1.807) is 43.3 Å². The van der Waals surface area contributed by atoms with E-state index in [4.69, 9.17) is 0 Å². The average Bonchev–Trinajstić information content (AvgIpc) is 2.84. The Hall–Kier alpha value is -3.65. The Morgan fingerprint density at radius 2 is 1.63 bits per heavy atom. The lowest BCUT2D eigenvalue weighted by molar-refractivity contribution is 0.0936. The van der Waals surface area contributed by atoms with Crippen molar-refractivity contribution < 1.29 is 18.0 Å². The summed E-state index contributed by atoms with van der Waals surface area (Å²) in [5, 5.41) is 5.75. The topological polar surface area (TPSA) is 104 Å². The number of benzene rings is 3. The zero-order chi connectivity index (χ0) is 25.6. The highest BCUT2D eigenvalue weighted by atomic mass is 32.2. The van der Waals surface area contributed by atoms with Crippen molar-refractivity contribution in [2.24, 2.45) is 0 Å². The third kappa shape index (κ3) is 6.70. The van der Waals surface area contributed by atoms with E-state index in [1.807, 2.05) is 39.0 Å². The molecular weight excluding hydrogens is 462 g/mol. The monoisotopic (exact) mass is 493 g/mol. The summed E-state index contributed by atoms with van der Waals surface area (Å²) in [7, 11) is -3.88. The van der Waals surface area contributed by atoms with E-state index < -0.39 is 15.9 Å². The highest BCUT2D eigenvalue weighted by molar-refractivity contribution is 7.92. The van der Waals surface area contributed by atoms with Crippen LogP contribution in [0, 0.1) is 13.8 Å². The van der Waals surface area contributed by atoms with Crippen LogP contribution in [0.5, 0.6) is 0 Å². The summed E-state index contributed by atoms with van der Waals surface area (Å²) in [4.78, 5) is 25.3. The molecule has 0 aliphatic rings. The molecule has 0 saturated carbocycles. The Labute approximate surface area is 207 Å². The second-order valence-corrected chi connectivity index (χ2v) is 10.2. The van der Waals surface area contributed by atoms with Crippen molar-refractivity contribution in [3.63, 3.8) is 0 Å². The molecule has 0 fully saturated rings. The molecule has 0 aliphatic heterocycles. The molecule has 3 N–H and O–H groups in total. The van der Waals surface area contributed by atoms with Crippen molar-refractivity contribution in [3.8, 4) is 0 Å². The summed E-state index contributed by atoms with van der Waals surface area (Å²) >= 11 is 0. The van der Waals surface area contributed by atoms with E-state index >= 15 is 0 Å². The first-order valence-electron chi connectivity index (χ1n) is 11.5. The maximum absolute atomic E-state index is 12.9. The van der Waals surface area contributed by atoms with Gasteiger partial charge in [0.05, 0.1) is 10.6 Å². The molecule has 2 amide bonds. The zero-order valence-corrected chi connectivity index (χ0v) is 21.2. The molecule has 3 rings (SSSR count). The summed E-state index contributed by atoms with van der Waals surface area (Å²) in [6.07, 6.45) is 0.829. The SMILES string of the molecule is CCC(C)NC(=O)c1cccc(CNC(=O)c2cc(S(=O)(=O)Nc3ccccc3C)ccc2C)c1. The predicted molar refractivity (Wildman–Crippen MR) is 138 cm³/mol. The number of hydrogen-bond acceptors (Lipinski definition) is 4. The van der Waals surface area contributed by atoms with Crippen molar-refractivity contribution in [3.05, 3.63) is 94.5 Å². The second-order valence-electron chi connectivity index (χ2n) is 8.56. The molecule has 0 aromatic heterocycles. The Morgan fingerprint density at radius 1 is 0.886 bits per heavy atom. The van der Waals surface area contributed by atoms with Gasteiger partial charge in [0.25, 0.3) is 21.8 Å². The Bertz CT molecular complexity index is 1340. The number of hydrogen-bond donors (Lipinski definition) is 3. The van der Waals surface area contributed by atoms with Gasteiger partial charge in [-0.1, -0.05) is 43.3 Å². The number of aryl methyl sites for hydroxylation is 2. The predicted octanol–water partition coefficient (Wildman–Crippen LogP) is 4.56. The van der Waals surface area contributed by atoms with Gasteiger partial charge in [-0.2, -0.15) is 0 Å². The van der Waals surface area contributed by atoms with E-state index in [9.17, 15) is 18.0 Å². The van der Waals surface area contributed by atoms with Crippen LogP contribution in [0.2, 0.25) is 0 Å². The minimum Gasteiger partial charge on any atom is -0.350 e. The standard InChI is InChI=1S/C27H31N3O4S/c1-5-20(4)29-26(31)22-11-8-10-21(15-22)17-28-27(32)24-16-23(14-13-18(24)2)35(33,34)30-25-12-7-6-9-19(25)3/h6-16,20,30H,5,17H2,1-4H3,(H,28,32)(H,29,31). The van der Waals surface area contributed by atoms with Gasteiger partial charge in [-0.05, 0) is 74.2 Å². The van der Waals surface area contributed by atoms with Crippen LogP contribution >= 0.6 is 0 Å². The molecule has 35 heavy (non-hydrogen) atoms. The van der Waals surface area contributed by atoms with Crippen LogP contribution in [0.15, 0.2) is 71.6 Å². The minimum absolute atomic E-state index is 0.000200. The number of rotatable bonds is 9. The number of sulfonamides is 1. The lowest BCUT2D eigenvalue weighted by atomic mass is 10.1. The molecule has 7 nitrogen and oxygen atoms in total. The van der Waals surface area contributed by atoms with Gasteiger partial charge in [-0.25, -0.2) is 8.42 Å². The normalized spacial score (nSPS) is 12.0. The smallest absolute Gasteiger partial charge is 0.261 e. The molecular formula is C27H31N3O4S. The van der Waals surface area contributed by atoms with Crippen LogP contribution in [-0.2, 0) is 16.6 Å². The number of amides is 2. The molecule has 0 heterocycles. The van der Waals surface area contributed by atoms with E-state index in [2.05, 4.69) is 15.4 Å². The van der Waals surface area contributed by atoms with Gasteiger partial charge in [0.1, 0.15) is 0 Å². The minimum atomic E-state index is -3.88. The van der Waals surface area contributed by atoms with Crippen molar-refractivity contribution in [2.45, 2.75) is 51.6 Å². The number of para-hydroxylation sites is 1. The fraction of sp³-hybridized carbons (Fsp3) is 0.259. The first-order valence-corrected chi connectivity index (χ1v) is 13.0. The second kappa shape index (κ2) is 11.2. The molecule has 0 bridgehead atoms. The van der Waals surface area contributed by atoms with E-state index in [0.29, 0.717) is 16.8 Å². The molecule has 184 valence electrons. The molecule has 1 atom stereocenters. The molecule has 1 unspecified atom stereocenters. The molecule has 3 aromatic rings. The van der Waals surface area contributed by atoms with Crippen LogP contribution in [0.4, 0.5) is 5.69 Å². The molecule has 0 radical (unpaired) electrons. The van der Waals surface area contributed by atoms with E-state index in [-0.39, 0.29) is 29.0 Å². The lowest BCUT2D eigenvalue weighted by Crippen LogP contribution is -2.32. The maximum atomic E-state index is 12.9. The molecule has 0 aliphatic carbocycles. The van der Waals surface area contributed by atoms with Crippen molar-refractivity contribution in [1.82, 2.24) is 10.6 Å². The number of nitrogens with one attached hydrogen (secondary N) is 3. The first-order chi connectivity index (χ1) is 16.6. The third-order valence-electron chi connectivity index (χ3n) is 5.79. The van der Waals surface area contributed by atoms with Gasteiger partial charge in [0.15, 0.2) is 0 Å². The van der Waals surface area contributed by atoms with Crippen molar-refractivity contribution >= 4 is 27.5 Å². The molecule has 8 heteroatoms. The van der Waals surface area contributed by atoms with Gasteiger partial charge < -0.3 is 10.6 Å². The van der Waals surface area contributed by atoms with Crippen molar-refractivity contribution in [2.75, 3.05) is 4.72 Å². The zero-order valence-electron chi connectivity index (χ0n) is 20.4. The highest BCUT2D eigenvalue weighted by Crippen LogP contribution is 2.21. The Balaban J connectivity index is 1.74. The summed E-state index contributed by atoms with van der Waals surface area (Å²) in [5.74, 6) is -0.563. The van der Waals surface area contributed by atoms with Crippen LogP contribution in [-0.4, -0.2) is 26.3 Å². The summed E-state index contributed by atoms with van der Waals surface area (Å²) in [5.41, 5.74) is 3.47. The van der Waals surface area contributed by atoms with Crippen molar-refractivity contribution in [1.29, 1.82) is 0 Å².